The predicted octanol–water partition coefficient (Wildman–Crippen LogP) is 3.65. The lowest BCUT2D eigenvalue weighted by atomic mass is 9.87. The van der Waals surface area contributed by atoms with Gasteiger partial charge >= 0.3 is 0 Å². The number of hydrogen-bond donors (Lipinski definition) is 0. The topological polar surface area (TPSA) is 63.4 Å². The van der Waals surface area contributed by atoms with Gasteiger partial charge in [0.05, 0.1) is 5.39 Å². The first kappa shape index (κ1) is 16.4. The van der Waals surface area contributed by atoms with Crippen molar-refractivity contribution in [3.63, 3.8) is 0 Å². The molecule has 0 radical (unpaired) electrons. The number of carbonyl (C=O) groups is 1. The van der Waals surface area contributed by atoms with Gasteiger partial charge in [-0.15, -0.1) is 16.4 Å². The molecule has 1 atom stereocenters. The molecule has 0 N–H and O–H groups in total. The summed E-state index contributed by atoms with van der Waals surface area (Å²) < 4.78 is 1.66. The molecule has 1 amide bonds. The molecule has 132 valence electrons. The molecule has 0 unspecified atom stereocenters. The molecule has 7 heteroatoms. The minimum Gasteiger partial charge on any atom is -0.339 e. The smallest absolute Gasteiger partial charge is 0.293 e. The van der Waals surface area contributed by atoms with Gasteiger partial charge in [-0.2, -0.15) is 0 Å². The zero-order valence-electron chi connectivity index (χ0n) is 14.9. The second-order valence-electron chi connectivity index (χ2n) is 6.94. The Labute approximate surface area is 150 Å². The summed E-state index contributed by atoms with van der Waals surface area (Å²) in [6, 6.07) is 0. The molecule has 4 rings (SSSR count). The van der Waals surface area contributed by atoms with E-state index < -0.39 is 0 Å². The molecule has 0 spiro atoms. The fourth-order valence-corrected chi connectivity index (χ4v) is 4.94. The highest BCUT2D eigenvalue weighted by Crippen LogP contribution is 2.42. The third kappa shape index (κ3) is 2.70. The molecule has 0 saturated carbocycles. The van der Waals surface area contributed by atoms with Crippen LogP contribution >= 0.6 is 11.3 Å². The number of amides is 1. The van der Waals surface area contributed by atoms with E-state index in [0.29, 0.717) is 5.92 Å². The number of nitrogens with zero attached hydrogens (tertiary/aromatic N) is 5. The minimum absolute atomic E-state index is 0.123. The number of thiophene rings is 1. The molecular formula is C18H23N5OS. The Morgan fingerprint density at radius 3 is 3.12 bits per heavy atom. The third-order valence-corrected chi connectivity index (χ3v) is 6.23. The third-order valence-electron chi connectivity index (χ3n) is 5.06. The molecule has 1 aliphatic carbocycles. The largest absolute Gasteiger partial charge is 0.339 e. The maximum Gasteiger partial charge on any atom is 0.293 e. The summed E-state index contributed by atoms with van der Waals surface area (Å²) in [4.78, 5) is 25.9. The zero-order chi connectivity index (χ0) is 17.6. The van der Waals surface area contributed by atoms with E-state index in [-0.39, 0.29) is 11.7 Å². The van der Waals surface area contributed by atoms with E-state index >= 15 is 0 Å². The summed E-state index contributed by atoms with van der Waals surface area (Å²) >= 11 is 1.77. The molecule has 3 heterocycles. The molecule has 6 nitrogen and oxygen atoms in total. The Hall–Kier alpha value is -2.02. The molecule has 0 fully saturated rings. The monoisotopic (exact) mass is 357 g/mol. The maximum absolute atomic E-state index is 12.6. The van der Waals surface area contributed by atoms with Crippen molar-refractivity contribution in [2.45, 2.75) is 51.9 Å². The Bertz CT molecular complexity index is 944. The van der Waals surface area contributed by atoms with Gasteiger partial charge in [-0.3, -0.25) is 4.79 Å². The van der Waals surface area contributed by atoms with Gasteiger partial charge in [0.25, 0.3) is 5.91 Å². The lowest BCUT2D eigenvalue weighted by Gasteiger charge is -2.18. The van der Waals surface area contributed by atoms with Gasteiger partial charge in [0.1, 0.15) is 11.2 Å². The van der Waals surface area contributed by atoms with E-state index in [4.69, 9.17) is 0 Å². The van der Waals surface area contributed by atoms with Crippen LogP contribution in [0.15, 0.2) is 6.33 Å². The maximum atomic E-state index is 12.6. The Morgan fingerprint density at radius 1 is 1.48 bits per heavy atom. The second-order valence-corrected chi connectivity index (χ2v) is 8.02. The van der Waals surface area contributed by atoms with Crippen molar-refractivity contribution in [2.75, 3.05) is 13.6 Å². The van der Waals surface area contributed by atoms with Gasteiger partial charge in [0.15, 0.2) is 5.65 Å². The molecule has 0 aliphatic heterocycles. The minimum atomic E-state index is -0.123. The van der Waals surface area contributed by atoms with Crippen molar-refractivity contribution < 1.29 is 4.79 Å². The van der Waals surface area contributed by atoms with Crippen molar-refractivity contribution in [2.24, 2.45) is 0 Å². The van der Waals surface area contributed by atoms with Crippen molar-refractivity contribution in [3.05, 3.63) is 22.6 Å². The summed E-state index contributed by atoms with van der Waals surface area (Å²) in [5, 5.41) is 5.50. The number of aromatic nitrogens is 4. The van der Waals surface area contributed by atoms with Crippen LogP contribution in [-0.2, 0) is 6.42 Å². The van der Waals surface area contributed by atoms with Crippen LogP contribution in [-0.4, -0.2) is 44.0 Å². The molecule has 25 heavy (non-hydrogen) atoms. The van der Waals surface area contributed by atoms with E-state index in [1.54, 1.807) is 27.1 Å². The molecule has 3 aromatic rings. The standard InChI is InChI=1S/C18H23N5OS/c1-4-5-9-22(3)18(24)15-20-16-14-13-11(2)7-6-8-12(13)25-17(14)19-10-23(16)21-15/h10-11H,4-9H2,1-3H3/t11-/m0/s1. The molecule has 1 aliphatic rings. The second kappa shape index (κ2) is 6.37. The fourth-order valence-electron chi connectivity index (χ4n) is 3.64. The average Bonchev–Trinajstić information content (AvgIpc) is 3.20. The van der Waals surface area contributed by atoms with Crippen LogP contribution in [0.5, 0.6) is 0 Å². The number of aryl methyl sites for hydroxylation is 1. The molecular weight excluding hydrogens is 334 g/mol. The van der Waals surface area contributed by atoms with E-state index in [1.165, 1.54) is 23.3 Å². The van der Waals surface area contributed by atoms with Gasteiger partial charge in [-0.25, -0.2) is 14.5 Å². The summed E-state index contributed by atoms with van der Waals surface area (Å²) in [7, 11) is 1.81. The quantitative estimate of drug-likeness (QED) is 0.715. The van der Waals surface area contributed by atoms with Crippen LogP contribution in [0.3, 0.4) is 0 Å². The summed E-state index contributed by atoms with van der Waals surface area (Å²) in [5.41, 5.74) is 2.14. The van der Waals surface area contributed by atoms with Crippen LogP contribution in [0, 0.1) is 0 Å². The van der Waals surface area contributed by atoms with Gasteiger partial charge in [0, 0.05) is 18.5 Å². The van der Waals surface area contributed by atoms with Crippen LogP contribution in [0.2, 0.25) is 0 Å². The number of hydrogen-bond acceptors (Lipinski definition) is 5. The highest BCUT2D eigenvalue weighted by molar-refractivity contribution is 7.19. The van der Waals surface area contributed by atoms with Gasteiger partial charge in [-0.05, 0) is 37.2 Å². The molecule has 0 aromatic carbocycles. The van der Waals surface area contributed by atoms with Gasteiger partial charge in [-0.1, -0.05) is 20.3 Å². The van der Waals surface area contributed by atoms with Crippen LogP contribution in [0.25, 0.3) is 15.9 Å². The van der Waals surface area contributed by atoms with Crippen molar-refractivity contribution >= 4 is 33.1 Å². The first-order chi connectivity index (χ1) is 12.1. The van der Waals surface area contributed by atoms with Gasteiger partial charge < -0.3 is 4.90 Å². The number of carbonyl (C=O) groups excluding carboxylic acids is 1. The summed E-state index contributed by atoms with van der Waals surface area (Å²) in [5.74, 6) is 0.646. The first-order valence-electron chi connectivity index (χ1n) is 9.02. The molecule has 0 bridgehead atoms. The fraction of sp³-hybridized carbons (Fsp3) is 0.556. The van der Waals surface area contributed by atoms with Crippen LogP contribution < -0.4 is 0 Å². The number of rotatable bonds is 4. The van der Waals surface area contributed by atoms with E-state index in [0.717, 1.165) is 41.7 Å². The zero-order valence-corrected chi connectivity index (χ0v) is 15.8. The van der Waals surface area contributed by atoms with Crippen molar-refractivity contribution in [1.82, 2.24) is 24.5 Å². The lowest BCUT2D eigenvalue weighted by Crippen LogP contribution is -2.28. The van der Waals surface area contributed by atoms with Crippen molar-refractivity contribution in [1.29, 1.82) is 0 Å². The summed E-state index contributed by atoms with van der Waals surface area (Å²) in [6.07, 6.45) is 7.26. The van der Waals surface area contributed by atoms with E-state index in [2.05, 4.69) is 28.9 Å². The Balaban J connectivity index is 1.82. The Morgan fingerprint density at radius 2 is 2.32 bits per heavy atom. The SMILES string of the molecule is CCCCN(C)C(=O)c1nc2c3c4c(sc3ncn2n1)CCC[C@@H]4C. The van der Waals surface area contributed by atoms with E-state index in [9.17, 15) is 4.79 Å². The van der Waals surface area contributed by atoms with Crippen LogP contribution in [0.1, 0.15) is 66.5 Å². The predicted molar refractivity (Wildman–Crippen MR) is 99.4 cm³/mol. The number of unbranched alkanes of at least 4 members (excludes halogenated alkanes) is 1. The normalized spacial score (nSPS) is 17.2. The van der Waals surface area contributed by atoms with Gasteiger partial charge in [0.2, 0.25) is 5.82 Å². The lowest BCUT2D eigenvalue weighted by molar-refractivity contribution is 0.0781. The molecule has 3 aromatic heterocycles. The average molecular weight is 357 g/mol. The number of fused-ring (bicyclic) bond motifs is 5. The van der Waals surface area contributed by atoms with Crippen LogP contribution in [0.4, 0.5) is 0 Å². The summed E-state index contributed by atoms with van der Waals surface area (Å²) in [6.45, 7) is 5.11. The van der Waals surface area contributed by atoms with E-state index in [1.807, 2.05) is 7.05 Å². The highest BCUT2D eigenvalue weighted by Gasteiger charge is 2.26. The van der Waals surface area contributed by atoms with Crippen molar-refractivity contribution in [3.8, 4) is 0 Å². The molecule has 0 saturated heterocycles. The highest BCUT2D eigenvalue weighted by atomic mass is 32.1. The Kier molecular flexibility index (Phi) is 4.19. The first-order valence-corrected chi connectivity index (χ1v) is 9.84.